The maximum atomic E-state index is 12.1. The summed E-state index contributed by atoms with van der Waals surface area (Å²) in [4.78, 5) is 10.7. The Balaban J connectivity index is 2.16. The van der Waals surface area contributed by atoms with Crippen molar-refractivity contribution in [1.82, 2.24) is 4.72 Å². The Morgan fingerprint density at radius 3 is 2.71 bits per heavy atom. The maximum absolute atomic E-state index is 12.1. The highest BCUT2D eigenvalue weighted by Crippen LogP contribution is 2.21. The lowest BCUT2D eigenvalue weighted by molar-refractivity contribution is 0.0702. The van der Waals surface area contributed by atoms with Crippen molar-refractivity contribution in [3.8, 4) is 5.75 Å². The molecule has 112 valence electrons. The second-order valence-electron chi connectivity index (χ2n) is 4.09. The molecular weight excluding hydrogens is 314 g/mol. The van der Waals surface area contributed by atoms with E-state index in [4.69, 9.17) is 9.84 Å². The Bertz CT molecular complexity index is 751. The number of carboxylic acids is 1. The molecule has 2 rings (SSSR count). The van der Waals surface area contributed by atoms with E-state index in [1.807, 2.05) is 0 Å². The van der Waals surface area contributed by atoms with Crippen molar-refractivity contribution in [2.24, 2.45) is 0 Å². The molecule has 0 atom stereocenters. The minimum absolute atomic E-state index is 0.0207. The molecule has 0 radical (unpaired) electrons. The molecule has 2 N–H and O–H groups in total. The van der Waals surface area contributed by atoms with Crippen LogP contribution in [0, 0.1) is 0 Å². The first-order chi connectivity index (χ1) is 9.94. The third-order valence-corrected chi connectivity index (χ3v) is 5.19. The molecule has 0 aliphatic heterocycles. The Morgan fingerprint density at radius 1 is 1.38 bits per heavy atom. The zero-order valence-electron chi connectivity index (χ0n) is 11.1. The van der Waals surface area contributed by atoms with Crippen molar-refractivity contribution in [1.29, 1.82) is 0 Å². The predicted molar refractivity (Wildman–Crippen MR) is 78.3 cm³/mol. The molecule has 8 heteroatoms. The summed E-state index contributed by atoms with van der Waals surface area (Å²) in [6, 6.07) is 8.18. The van der Waals surface area contributed by atoms with Crippen LogP contribution in [0.2, 0.25) is 0 Å². The van der Waals surface area contributed by atoms with Gasteiger partial charge in [-0.2, -0.15) is 0 Å². The molecule has 21 heavy (non-hydrogen) atoms. The van der Waals surface area contributed by atoms with E-state index in [1.165, 1.54) is 12.5 Å². The summed E-state index contributed by atoms with van der Waals surface area (Å²) in [6.07, 6.45) is 0. The molecule has 1 aromatic carbocycles. The number of hydrogen-bond donors (Lipinski definition) is 2. The third-order valence-electron chi connectivity index (χ3n) is 2.74. The molecule has 0 saturated carbocycles. The van der Waals surface area contributed by atoms with Gasteiger partial charge in [-0.15, -0.1) is 11.3 Å². The van der Waals surface area contributed by atoms with Gasteiger partial charge in [-0.3, -0.25) is 0 Å². The SMILES string of the molecule is COc1ccccc1CNS(=O)(=O)c1csc(C(=O)O)c1. The summed E-state index contributed by atoms with van der Waals surface area (Å²) in [5.41, 5.74) is 0.692. The average Bonchev–Trinajstić information content (AvgIpc) is 2.96. The predicted octanol–water partition coefficient (Wildman–Crippen LogP) is 1.93. The number of thiophene rings is 1. The smallest absolute Gasteiger partial charge is 0.345 e. The van der Waals surface area contributed by atoms with Gasteiger partial charge in [0.15, 0.2) is 0 Å². The Hall–Kier alpha value is -1.90. The maximum Gasteiger partial charge on any atom is 0.345 e. The zero-order chi connectivity index (χ0) is 15.5. The Labute approximate surface area is 126 Å². The number of carboxylic acid groups (broad SMARTS) is 1. The molecule has 0 fully saturated rings. The molecule has 0 aliphatic carbocycles. The standard InChI is InChI=1S/C13H13NO5S2/c1-19-11-5-3-2-4-9(11)7-14-21(17,18)10-6-12(13(15)16)20-8-10/h2-6,8,14H,7H2,1H3,(H,15,16). The van der Waals surface area contributed by atoms with Gasteiger partial charge in [0.05, 0.1) is 12.0 Å². The van der Waals surface area contributed by atoms with Gasteiger partial charge < -0.3 is 9.84 Å². The van der Waals surface area contributed by atoms with Crippen LogP contribution in [0.15, 0.2) is 40.6 Å². The van der Waals surface area contributed by atoms with Gasteiger partial charge in [-0.25, -0.2) is 17.9 Å². The highest BCUT2D eigenvalue weighted by atomic mass is 32.2. The lowest BCUT2D eigenvalue weighted by Gasteiger charge is -2.09. The van der Waals surface area contributed by atoms with Crippen molar-refractivity contribution < 1.29 is 23.1 Å². The number of nitrogens with one attached hydrogen (secondary N) is 1. The molecule has 0 aliphatic rings. The lowest BCUT2D eigenvalue weighted by Crippen LogP contribution is -2.23. The number of ether oxygens (including phenoxy) is 1. The highest BCUT2D eigenvalue weighted by molar-refractivity contribution is 7.89. The number of para-hydroxylation sites is 1. The summed E-state index contributed by atoms with van der Waals surface area (Å²) in [5.74, 6) is -0.567. The van der Waals surface area contributed by atoms with E-state index in [2.05, 4.69) is 4.72 Å². The largest absolute Gasteiger partial charge is 0.496 e. The highest BCUT2D eigenvalue weighted by Gasteiger charge is 2.18. The van der Waals surface area contributed by atoms with Crippen molar-refractivity contribution in [3.05, 3.63) is 46.2 Å². The second-order valence-corrected chi connectivity index (χ2v) is 6.77. The first-order valence-electron chi connectivity index (χ1n) is 5.87. The fourth-order valence-electron chi connectivity index (χ4n) is 1.68. The minimum atomic E-state index is -3.75. The molecule has 0 amide bonds. The first-order valence-corrected chi connectivity index (χ1v) is 8.23. The van der Waals surface area contributed by atoms with Crippen LogP contribution in [0.5, 0.6) is 5.75 Å². The van der Waals surface area contributed by atoms with Crippen molar-refractivity contribution in [3.63, 3.8) is 0 Å². The van der Waals surface area contributed by atoms with E-state index in [9.17, 15) is 13.2 Å². The van der Waals surface area contributed by atoms with Crippen molar-refractivity contribution in [2.45, 2.75) is 11.4 Å². The summed E-state index contributed by atoms with van der Waals surface area (Å²) in [7, 11) is -2.25. The minimum Gasteiger partial charge on any atom is -0.496 e. The summed E-state index contributed by atoms with van der Waals surface area (Å²) in [6.45, 7) is 0.0601. The number of methoxy groups -OCH3 is 1. The van der Waals surface area contributed by atoms with Gasteiger partial charge in [-0.1, -0.05) is 18.2 Å². The lowest BCUT2D eigenvalue weighted by atomic mass is 10.2. The van der Waals surface area contributed by atoms with E-state index in [1.54, 1.807) is 24.3 Å². The van der Waals surface area contributed by atoms with Crippen LogP contribution in [0.3, 0.4) is 0 Å². The topological polar surface area (TPSA) is 92.7 Å². The molecule has 1 aromatic heterocycles. The van der Waals surface area contributed by atoms with E-state index in [0.717, 1.165) is 17.4 Å². The first kappa shape index (κ1) is 15.5. The molecule has 1 heterocycles. The van der Waals surface area contributed by atoms with E-state index in [0.29, 0.717) is 11.3 Å². The van der Waals surface area contributed by atoms with Crippen LogP contribution in [0.1, 0.15) is 15.2 Å². The van der Waals surface area contributed by atoms with E-state index >= 15 is 0 Å². The van der Waals surface area contributed by atoms with Gasteiger partial charge in [0, 0.05) is 17.5 Å². The monoisotopic (exact) mass is 327 g/mol. The molecule has 0 spiro atoms. The molecule has 0 saturated heterocycles. The van der Waals surface area contributed by atoms with Gasteiger partial charge in [-0.05, 0) is 12.1 Å². The Morgan fingerprint density at radius 2 is 2.10 bits per heavy atom. The zero-order valence-corrected chi connectivity index (χ0v) is 12.7. The molecule has 6 nitrogen and oxygen atoms in total. The van der Waals surface area contributed by atoms with Crippen LogP contribution in [-0.2, 0) is 16.6 Å². The number of rotatable bonds is 6. The van der Waals surface area contributed by atoms with Gasteiger partial charge in [0.2, 0.25) is 10.0 Å². The van der Waals surface area contributed by atoms with Crippen molar-refractivity contribution in [2.75, 3.05) is 7.11 Å². The number of benzene rings is 1. The quantitative estimate of drug-likeness (QED) is 0.846. The molecule has 2 aromatic rings. The number of hydrogen-bond acceptors (Lipinski definition) is 5. The third kappa shape index (κ3) is 3.60. The Kier molecular flexibility index (Phi) is 4.61. The average molecular weight is 327 g/mol. The van der Waals surface area contributed by atoms with Gasteiger partial charge >= 0.3 is 5.97 Å². The number of sulfonamides is 1. The summed E-state index contributed by atoms with van der Waals surface area (Å²) >= 11 is 0.870. The summed E-state index contributed by atoms with van der Waals surface area (Å²) < 4.78 is 31.8. The van der Waals surface area contributed by atoms with Crippen LogP contribution in [0.4, 0.5) is 0 Å². The fourth-order valence-corrected chi connectivity index (χ4v) is 3.79. The van der Waals surface area contributed by atoms with E-state index in [-0.39, 0.29) is 16.3 Å². The normalized spacial score (nSPS) is 11.3. The van der Waals surface area contributed by atoms with Gasteiger partial charge in [0.25, 0.3) is 0 Å². The molecule has 0 unspecified atom stereocenters. The number of carbonyl (C=O) groups is 1. The second kappa shape index (κ2) is 6.25. The fraction of sp³-hybridized carbons (Fsp3) is 0.154. The van der Waals surface area contributed by atoms with Crippen LogP contribution in [-0.4, -0.2) is 26.6 Å². The van der Waals surface area contributed by atoms with Gasteiger partial charge in [0.1, 0.15) is 10.6 Å². The van der Waals surface area contributed by atoms with Crippen LogP contribution >= 0.6 is 11.3 Å². The molecule has 0 bridgehead atoms. The van der Waals surface area contributed by atoms with Crippen molar-refractivity contribution >= 4 is 27.3 Å². The van der Waals surface area contributed by atoms with E-state index < -0.39 is 16.0 Å². The summed E-state index contributed by atoms with van der Waals surface area (Å²) in [5, 5.41) is 10.1. The molecular formula is C13H13NO5S2. The van der Waals surface area contributed by atoms with Crippen LogP contribution < -0.4 is 9.46 Å². The number of aromatic carboxylic acids is 1. The van der Waals surface area contributed by atoms with Crippen LogP contribution in [0.25, 0.3) is 0 Å².